The maximum Gasteiger partial charge on any atom is 0.194 e. The van der Waals surface area contributed by atoms with Gasteiger partial charge in [-0.25, -0.2) is 4.98 Å². The zero-order chi connectivity index (χ0) is 21.4. The van der Waals surface area contributed by atoms with Crippen molar-refractivity contribution in [3.05, 3.63) is 45.9 Å². The molecule has 6 nitrogen and oxygen atoms in total. The minimum Gasteiger partial charge on any atom is -0.494 e. The van der Waals surface area contributed by atoms with E-state index in [1.54, 1.807) is 11.3 Å². The molecule has 0 saturated carbocycles. The lowest BCUT2D eigenvalue weighted by Gasteiger charge is -2.37. The predicted octanol–water partition coefficient (Wildman–Crippen LogP) is 4.00. The molecule has 1 aliphatic rings. The first-order valence-electron chi connectivity index (χ1n) is 10.8. The van der Waals surface area contributed by atoms with Crippen LogP contribution < -0.4 is 10.1 Å². The van der Waals surface area contributed by atoms with Crippen LogP contribution in [-0.4, -0.2) is 55.8 Å². The Hall–Kier alpha value is -2.12. The van der Waals surface area contributed by atoms with Gasteiger partial charge in [0.15, 0.2) is 5.96 Å². The van der Waals surface area contributed by atoms with Crippen LogP contribution in [0.1, 0.15) is 43.0 Å². The summed E-state index contributed by atoms with van der Waals surface area (Å²) in [7, 11) is 2.07. The van der Waals surface area contributed by atoms with Crippen molar-refractivity contribution >= 4 is 17.3 Å². The standard InChI is InChI=1S/C23H34N4O2S/c1-5-24-22(27(4)15-20-16-30-18(3)26-20)25-17-23(11-13-28-14-12-23)19-7-9-21(10-8-19)29-6-2/h7-10,16H,5-6,11-15,17H2,1-4H3,(H,24,25). The maximum atomic E-state index is 5.69. The minimum absolute atomic E-state index is 0.0122. The third-order valence-electron chi connectivity index (χ3n) is 5.52. The number of guanidine groups is 1. The smallest absolute Gasteiger partial charge is 0.194 e. The first-order valence-corrected chi connectivity index (χ1v) is 11.7. The SMILES string of the molecule is CCNC(=NCC1(c2ccc(OCC)cc2)CCOCC1)N(C)Cc1csc(C)n1. The summed E-state index contributed by atoms with van der Waals surface area (Å²) in [4.78, 5) is 11.8. The molecular weight excluding hydrogens is 396 g/mol. The number of nitrogens with zero attached hydrogens (tertiary/aromatic N) is 3. The Kier molecular flexibility index (Phi) is 8.10. The molecule has 3 rings (SSSR count). The fourth-order valence-corrected chi connectivity index (χ4v) is 4.47. The highest BCUT2D eigenvalue weighted by atomic mass is 32.1. The average Bonchev–Trinajstić information content (AvgIpc) is 3.17. The van der Waals surface area contributed by atoms with Crippen LogP contribution >= 0.6 is 11.3 Å². The molecule has 0 aliphatic carbocycles. The topological polar surface area (TPSA) is 59.0 Å². The molecule has 0 radical (unpaired) electrons. The second-order valence-corrected chi connectivity index (χ2v) is 8.80. The molecule has 7 heteroatoms. The number of hydrogen-bond donors (Lipinski definition) is 1. The molecule has 1 aliphatic heterocycles. The van der Waals surface area contributed by atoms with E-state index in [1.807, 2.05) is 13.8 Å². The molecule has 0 atom stereocenters. The summed E-state index contributed by atoms with van der Waals surface area (Å²) in [6.07, 6.45) is 1.94. The Morgan fingerprint density at radius 1 is 1.27 bits per heavy atom. The highest BCUT2D eigenvalue weighted by molar-refractivity contribution is 7.09. The molecule has 164 valence electrons. The molecule has 30 heavy (non-hydrogen) atoms. The van der Waals surface area contributed by atoms with E-state index in [2.05, 4.69) is 58.8 Å². The summed E-state index contributed by atoms with van der Waals surface area (Å²) in [6.45, 7) is 10.7. The van der Waals surface area contributed by atoms with Crippen LogP contribution in [0.25, 0.3) is 0 Å². The molecule has 1 aromatic carbocycles. The van der Waals surface area contributed by atoms with Gasteiger partial charge in [0.1, 0.15) is 5.75 Å². The van der Waals surface area contributed by atoms with E-state index in [4.69, 9.17) is 14.5 Å². The van der Waals surface area contributed by atoms with E-state index in [0.29, 0.717) is 6.61 Å². The normalized spacial score (nSPS) is 16.3. The van der Waals surface area contributed by atoms with E-state index >= 15 is 0 Å². The summed E-state index contributed by atoms with van der Waals surface area (Å²) in [5, 5.41) is 6.66. The van der Waals surface area contributed by atoms with Crippen molar-refractivity contribution in [3.8, 4) is 5.75 Å². The van der Waals surface area contributed by atoms with Crippen molar-refractivity contribution in [2.24, 2.45) is 4.99 Å². The molecule has 1 N–H and O–H groups in total. The Morgan fingerprint density at radius 3 is 2.60 bits per heavy atom. The molecule has 0 amide bonds. The number of aryl methyl sites for hydroxylation is 1. The largest absolute Gasteiger partial charge is 0.494 e. The van der Waals surface area contributed by atoms with Gasteiger partial charge in [0, 0.05) is 37.6 Å². The Labute approximate surface area is 184 Å². The van der Waals surface area contributed by atoms with Gasteiger partial charge in [-0.1, -0.05) is 12.1 Å². The van der Waals surface area contributed by atoms with Crippen LogP contribution in [0, 0.1) is 6.92 Å². The van der Waals surface area contributed by atoms with Crippen LogP contribution in [-0.2, 0) is 16.7 Å². The fourth-order valence-electron chi connectivity index (χ4n) is 3.87. The summed E-state index contributed by atoms with van der Waals surface area (Å²) in [6, 6.07) is 8.53. The van der Waals surface area contributed by atoms with E-state index < -0.39 is 0 Å². The lowest BCUT2D eigenvalue weighted by molar-refractivity contribution is 0.0530. The summed E-state index contributed by atoms with van der Waals surface area (Å²) in [5.74, 6) is 1.83. The first-order chi connectivity index (χ1) is 14.6. The third-order valence-corrected chi connectivity index (χ3v) is 6.34. The molecule has 2 aromatic rings. The van der Waals surface area contributed by atoms with Crippen molar-refractivity contribution in [2.45, 2.75) is 45.6 Å². The molecule has 2 heterocycles. The van der Waals surface area contributed by atoms with Gasteiger partial charge in [0.05, 0.1) is 30.4 Å². The van der Waals surface area contributed by atoms with Crippen molar-refractivity contribution in [1.82, 2.24) is 15.2 Å². The van der Waals surface area contributed by atoms with E-state index in [1.165, 1.54) is 5.56 Å². The molecule has 0 spiro atoms. The first kappa shape index (κ1) is 22.6. The van der Waals surface area contributed by atoms with Gasteiger partial charge in [-0.15, -0.1) is 11.3 Å². The molecule has 1 saturated heterocycles. The third kappa shape index (κ3) is 5.73. The van der Waals surface area contributed by atoms with Gasteiger partial charge >= 0.3 is 0 Å². The second-order valence-electron chi connectivity index (χ2n) is 7.73. The Bertz CT molecular complexity index is 813. The number of nitrogens with one attached hydrogen (secondary N) is 1. The molecule has 0 unspecified atom stereocenters. The number of hydrogen-bond acceptors (Lipinski definition) is 5. The summed E-state index contributed by atoms with van der Waals surface area (Å²) < 4.78 is 11.3. The van der Waals surface area contributed by atoms with Crippen LogP contribution in [0.5, 0.6) is 5.75 Å². The molecular formula is C23H34N4O2S. The lowest BCUT2D eigenvalue weighted by Crippen LogP contribution is -2.41. The van der Waals surface area contributed by atoms with Gasteiger partial charge in [-0.3, -0.25) is 4.99 Å². The molecule has 0 bridgehead atoms. The number of thiazole rings is 1. The molecule has 1 aromatic heterocycles. The number of ether oxygens (including phenoxy) is 2. The van der Waals surface area contributed by atoms with Gasteiger partial charge < -0.3 is 19.7 Å². The van der Waals surface area contributed by atoms with E-state index in [0.717, 1.165) is 68.1 Å². The number of benzene rings is 1. The summed E-state index contributed by atoms with van der Waals surface area (Å²) >= 11 is 1.69. The number of aliphatic imine (C=N–C) groups is 1. The van der Waals surface area contributed by atoms with Crippen molar-refractivity contribution in [3.63, 3.8) is 0 Å². The lowest BCUT2D eigenvalue weighted by atomic mass is 9.74. The van der Waals surface area contributed by atoms with Gasteiger partial charge in [-0.05, 0) is 51.3 Å². The number of aromatic nitrogens is 1. The maximum absolute atomic E-state index is 5.69. The highest BCUT2D eigenvalue weighted by Gasteiger charge is 2.34. The van der Waals surface area contributed by atoms with Gasteiger partial charge in [-0.2, -0.15) is 0 Å². The van der Waals surface area contributed by atoms with Crippen molar-refractivity contribution in [1.29, 1.82) is 0 Å². The van der Waals surface area contributed by atoms with Crippen molar-refractivity contribution in [2.75, 3.05) is 40.0 Å². The minimum atomic E-state index is -0.0122. The molecule has 1 fully saturated rings. The van der Waals surface area contributed by atoms with Crippen LogP contribution in [0.4, 0.5) is 0 Å². The van der Waals surface area contributed by atoms with Crippen molar-refractivity contribution < 1.29 is 9.47 Å². The highest BCUT2D eigenvalue weighted by Crippen LogP contribution is 2.36. The second kappa shape index (κ2) is 10.8. The van der Waals surface area contributed by atoms with Gasteiger partial charge in [0.25, 0.3) is 0 Å². The van der Waals surface area contributed by atoms with Crippen LogP contribution in [0.3, 0.4) is 0 Å². The number of rotatable bonds is 8. The average molecular weight is 431 g/mol. The van der Waals surface area contributed by atoms with Crippen LogP contribution in [0.2, 0.25) is 0 Å². The zero-order valence-corrected chi connectivity index (χ0v) is 19.4. The van der Waals surface area contributed by atoms with Gasteiger partial charge in [0.2, 0.25) is 0 Å². The predicted molar refractivity (Wildman–Crippen MR) is 124 cm³/mol. The quantitative estimate of drug-likeness (QED) is 0.507. The summed E-state index contributed by atoms with van der Waals surface area (Å²) in [5.41, 5.74) is 2.38. The van der Waals surface area contributed by atoms with E-state index in [9.17, 15) is 0 Å². The fraction of sp³-hybridized carbons (Fsp3) is 0.565. The Balaban J connectivity index is 1.79. The van der Waals surface area contributed by atoms with E-state index in [-0.39, 0.29) is 5.41 Å². The monoisotopic (exact) mass is 430 g/mol. The zero-order valence-electron chi connectivity index (χ0n) is 18.6. The Morgan fingerprint density at radius 2 is 2.00 bits per heavy atom. The van der Waals surface area contributed by atoms with Crippen LogP contribution in [0.15, 0.2) is 34.6 Å².